The van der Waals surface area contributed by atoms with Gasteiger partial charge in [0.2, 0.25) is 0 Å². The highest BCUT2D eigenvalue weighted by atomic mass is 19.1. The van der Waals surface area contributed by atoms with E-state index >= 15 is 0 Å². The molecule has 1 unspecified atom stereocenters. The summed E-state index contributed by atoms with van der Waals surface area (Å²) in [5.41, 5.74) is 1.63. The van der Waals surface area contributed by atoms with Crippen molar-refractivity contribution in [2.24, 2.45) is 0 Å². The number of rotatable bonds is 5. The summed E-state index contributed by atoms with van der Waals surface area (Å²) in [7, 11) is 0. The molecule has 0 saturated carbocycles. The molecule has 0 aliphatic heterocycles. The smallest absolute Gasteiger partial charge is 0.126 e. The number of aromatic nitrogens is 3. The lowest BCUT2D eigenvalue weighted by Gasteiger charge is -2.14. The number of nitrogens with zero attached hydrogens (tertiary/aromatic N) is 3. The van der Waals surface area contributed by atoms with Crippen molar-refractivity contribution < 1.29 is 4.39 Å². The van der Waals surface area contributed by atoms with E-state index in [1.807, 2.05) is 19.2 Å². The van der Waals surface area contributed by atoms with Crippen molar-refractivity contribution in [3.8, 4) is 0 Å². The normalized spacial score (nSPS) is 12.6. The van der Waals surface area contributed by atoms with Gasteiger partial charge >= 0.3 is 0 Å². The van der Waals surface area contributed by atoms with Crippen molar-refractivity contribution >= 4 is 0 Å². The second-order valence-electron chi connectivity index (χ2n) is 4.35. The predicted octanol–water partition coefficient (Wildman–Crippen LogP) is 2.08. The van der Waals surface area contributed by atoms with Crippen molar-refractivity contribution in [2.75, 3.05) is 6.54 Å². The maximum Gasteiger partial charge on any atom is 0.126 e. The third-order valence-electron chi connectivity index (χ3n) is 2.96. The minimum atomic E-state index is -0.155. The lowest BCUT2D eigenvalue weighted by molar-refractivity contribution is 0.497. The number of aryl methyl sites for hydroxylation is 1. The van der Waals surface area contributed by atoms with E-state index in [2.05, 4.69) is 15.6 Å². The zero-order valence-corrected chi connectivity index (χ0v) is 10.6. The lowest BCUT2D eigenvalue weighted by atomic mass is 10.1. The summed E-state index contributed by atoms with van der Waals surface area (Å²) < 4.78 is 15.2. The van der Waals surface area contributed by atoms with E-state index in [0.29, 0.717) is 5.56 Å². The Morgan fingerprint density at radius 3 is 2.94 bits per heavy atom. The second-order valence-corrected chi connectivity index (χ2v) is 4.35. The summed E-state index contributed by atoms with van der Waals surface area (Å²) in [6.07, 6.45) is 3.47. The first-order valence-corrected chi connectivity index (χ1v) is 6.00. The molecule has 0 amide bonds. The summed E-state index contributed by atoms with van der Waals surface area (Å²) in [5, 5.41) is 10.9. The fraction of sp³-hybridized carbons (Fsp3) is 0.385. The van der Waals surface area contributed by atoms with E-state index in [9.17, 15) is 4.39 Å². The summed E-state index contributed by atoms with van der Waals surface area (Å²) >= 11 is 0. The van der Waals surface area contributed by atoms with Crippen LogP contribution in [0.5, 0.6) is 0 Å². The number of halogens is 1. The number of benzene rings is 1. The molecule has 1 heterocycles. The van der Waals surface area contributed by atoms with Gasteiger partial charge in [0.05, 0.1) is 12.7 Å². The summed E-state index contributed by atoms with van der Waals surface area (Å²) in [6, 6.07) is 5.46. The molecule has 0 radical (unpaired) electrons. The number of nitrogens with one attached hydrogen (secondary N) is 1. The zero-order valence-electron chi connectivity index (χ0n) is 10.6. The first kappa shape index (κ1) is 12.7. The summed E-state index contributed by atoms with van der Waals surface area (Å²) in [5.74, 6) is -0.155. The Bertz CT molecular complexity index is 496. The molecule has 2 rings (SSSR count). The third kappa shape index (κ3) is 3.13. The molecule has 0 bridgehead atoms. The van der Waals surface area contributed by atoms with Crippen LogP contribution in [0.4, 0.5) is 4.39 Å². The molecule has 4 nitrogen and oxygen atoms in total. The average molecular weight is 248 g/mol. The predicted molar refractivity (Wildman–Crippen MR) is 67.6 cm³/mol. The maximum absolute atomic E-state index is 13.4. The van der Waals surface area contributed by atoms with Gasteiger partial charge in [0.25, 0.3) is 0 Å². The van der Waals surface area contributed by atoms with Crippen molar-refractivity contribution in [1.82, 2.24) is 20.3 Å². The zero-order chi connectivity index (χ0) is 13.0. The van der Waals surface area contributed by atoms with Gasteiger partial charge in [-0.25, -0.2) is 4.39 Å². The largest absolute Gasteiger partial charge is 0.308 e. The van der Waals surface area contributed by atoms with Crippen LogP contribution in [0.25, 0.3) is 0 Å². The van der Waals surface area contributed by atoms with Crippen molar-refractivity contribution in [3.05, 3.63) is 47.5 Å². The molecular formula is C13H17FN4. The molecule has 0 spiro atoms. The molecule has 0 aliphatic carbocycles. The molecule has 1 atom stereocenters. The minimum absolute atomic E-state index is 0.114. The van der Waals surface area contributed by atoms with Gasteiger partial charge in [-0.2, -0.15) is 0 Å². The topological polar surface area (TPSA) is 42.7 Å². The van der Waals surface area contributed by atoms with Gasteiger partial charge in [-0.3, -0.25) is 4.68 Å². The Morgan fingerprint density at radius 2 is 2.28 bits per heavy atom. The Hall–Kier alpha value is -1.75. The standard InChI is InChI=1S/C13H17FN4/c1-10-3-4-12(9-13(10)14)11(2)15-5-7-18-8-6-16-17-18/h3-4,6,8-9,11,15H,5,7H2,1-2H3. The van der Waals surface area contributed by atoms with E-state index in [4.69, 9.17) is 0 Å². The molecule has 0 aliphatic rings. The van der Waals surface area contributed by atoms with E-state index < -0.39 is 0 Å². The molecule has 96 valence electrons. The lowest BCUT2D eigenvalue weighted by Crippen LogP contribution is -2.23. The Labute approximate surface area is 106 Å². The third-order valence-corrected chi connectivity index (χ3v) is 2.96. The van der Waals surface area contributed by atoms with Crippen LogP contribution >= 0.6 is 0 Å². The van der Waals surface area contributed by atoms with Crippen molar-refractivity contribution in [2.45, 2.75) is 26.4 Å². The molecular weight excluding hydrogens is 231 g/mol. The SMILES string of the molecule is Cc1ccc(C(C)NCCn2ccnn2)cc1F. The van der Waals surface area contributed by atoms with E-state index in [1.54, 1.807) is 29.9 Å². The van der Waals surface area contributed by atoms with Gasteiger partial charge in [0.15, 0.2) is 0 Å². The molecule has 18 heavy (non-hydrogen) atoms. The van der Waals surface area contributed by atoms with Crippen LogP contribution in [0.15, 0.2) is 30.6 Å². The Morgan fingerprint density at radius 1 is 1.44 bits per heavy atom. The quantitative estimate of drug-likeness (QED) is 0.881. The maximum atomic E-state index is 13.4. The molecule has 0 saturated heterocycles. The molecule has 0 fully saturated rings. The highest BCUT2D eigenvalue weighted by Crippen LogP contribution is 2.15. The number of hydrogen-bond acceptors (Lipinski definition) is 3. The fourth-order valence-electron chi connectivity index (χ4n) is 1.74. The molecule has 1 N–H and O–H groups in total. The van der Waals surface area contributed by atoms with Gasteiger partial charge in [-0.05, 0) is 31.0 Å². The first-order chi connectivity index (χ1) is 8.66. The van der Waals surface area contributed by atoms with Gasteiger partial charge < -0.3 is 5.32 Å². The fourth-order valence-corrected chi connectivity index (χ4v) is 1.74. The summed E-state index contributed by atoms with van der Waals surface area (Å²) in [6.45, 7) is 5.30. The molecule has 1 aromatic heterocycles. The van der Waals surface area contributed by atoms with Crippen LogP contribution in [0, 0.1) is 12.7 Å². The Balaban J connectivity index is 1.87. The van der Waals surface area contributed by atoms with Crippen LogP contribution in [0.2, 0.25) is 0 Å². The molecule has 5 heteroatoms. The van der Waals surface area contributed by atoms with Gasteiger partial charge in [-0.1, -0.05) is 17.3 Å². The van der Waals surface area contributed by atoms with Crippen LogP contribution in [-0.2, 0) is 6.54 Å². The summed E-state index contributed by atoms with van der Waals surface area (Å²) in [4.78, 5) is 0. The Kier molecular flexibility index (Phi) is 4.04. The van der Waals surface area contributed by atoms with Gasteiger partial charge in [0, 0.05) is 18.8 Å². The second kappa shape index (κ2) is 5.73. The van der Waals surface area contributed by atoms with E-state index in [0.717, 1.165) is 18.7 Å². The van der Waals surface area contributed by atoms with Crippen LogP contribution in [-0.4, -0.2) is 21.5 Å². The highest BCUT2D eigenvalue weighted by molar-refractivity contribution is 5.25. The molecule has 1 aromatic carbocycles. The van der Waals surface area contributed by atoms with E-state index in [-0.39, 0.29) is 11.9 Å². The first-order valence-electron chi connectivity index (χ1n) is 6.00. The van der Waals surface area contributed by atoms with Crippen LogP contribution in [0.1, 0.15) is 24.1 Å². The monoisotopic (exact) mass is 248 g/mol. The number of hydrogen-bond donors (Lipinski definition) is 1. The van der Waals surface area contributed by atoms with Crippen molar-refractivity contribution in [1.29, 1.82) is 0 Å². The van der Waals surface area contributed by atoms with Gasteiger partial charge in [0.1, 0.15) is 5.82 Å². The van der Waals surface area contributed by atoms with Gasteiger partial charge in [-0.15, -0.1) is 5.10 Å². The highest BCUT2D eigenvalue weighted by Gasteiger charge is 2.06. The van der Waals surface area contributed by atoms with E-state index in [1.165, 1.54) is 0 Å². The minimum Gasteiger partial charge on any atom is -0.308 e. The van der Waals surface area contributed by atoms with Crippen molar-refractivity contribution in [3.63, 3.8) is 0 Å². The average Bonchev–Trinajstić information content (AvgIpc) is 2.85. The van der Waals surface area contributed by atoms with Crippen LogP contribution in [0.3, 0.4) is 0 Å². The molecule has 2 aromatic rings. The van der Waals surface area contributed by atoms with Crippen LogP contribution < -0.4 is 5.32 Å².